The molecule has 0 heterocycles. The topological polar surface area (TPSA) is 144 Å². The molecule has 0 aromatic heterocycles. The van der Waals surface area contributed by atoms with Crippen LogP contribution in [0.4, 0.5) is 11.4 Å². The van der Waals surface area contributed by atoms with Gasteiger partial charge in [0, 0.05) is 6.07 Å². The van der Waals surface area contributed by atoms with Crippen LogP contribution in [-0.2, 0) is 9.53 Å². The number of carbonyl (C=O) groups is 1. The Balaban J connectivity index is 2.98. The van der Waals surface area contributed by atoms with Gasteiger partial charge in [0.05, 0.1) is 23.2 Å². The standard InChI is InChI=1S/C11H11N5O4/c1-2-20-11(17)10(13)15-14-8-4-3-7(6-12)5-9(8)16(18)19/h3-5,14H,2H2,1H3,(H2,13,15). The van der Waals surface area contributed by atoms with E-state index in [2.05, 4.69) is 15.3 Å². The number of hydrogen-bond acceptors (Lipinski definition) is 7. The summed E-state index contributed by atoms with van der Waals surface area (Å²) in [5, 5.41) is 23.0. The Morgan fingerprint density at radius 3 is 2.90 bits per heavy atom. The van der Waals surface area contributed by atoms with E-state index < -0.39 is 16.7 Å². The maximum atomic E-state index is 11.2. The van der Waals surface area contributed by atoms with Gasteiger partial charge in [-0.05, 0) is 19.1 Å². The summed E-state index contributed by atoms with van der Waals surface area (Å²) in [6, 6.07) is 5.52. The number of nitro groups is 1. The number of esters is 1. The highest BCUT2D eigenvalue weighted by Gasteiger charge is 2.15. The number of benzene rings is 1. The van der Waals surface area contributed by atoms with Gasteiger partial charge in [-0.15, -0.1) is 5.10 Å². The molecule has 0 radical (unpaired) electrons. The Hall–Kier alpha value is -3.15. The van der Waals surface area contributed by atoms with E-state index in [1.807, 2.05) is 0 Å². The first-order chi connectivity index (χ1) is 9.49. The summed E-state index contributed by atoms with van der Waals surface area (Å²) in [7, 11) is 0. The lowest BCUT2D eigenvalue weighted by Crippen LogP contribution is -2.27. The quantitative estimate of drug-likeness (QED) is 0.271. The smallest absolute Gasteiger partial charge is 0.375 e. The van der Waals surface area contributed by atoms with Gasteiger partial charge in [-0.3, -0.25) is 15.5 Å². The van der Waals surface area contributed by atoms with Crippen LogP contribution in [0.15, 0.2) is 23.3 Å². The average Bonchev–Trinajstić information content (AvgIpc) is 2.44. The molecule has 1 aromatic carbocycles. The molecule has 104 valence electrons. The minimum Gasteiger partial charge on any atom is -0.460 e. The third-order valence-corrected chi connectivity index (χ3v) is 2.10. The van der Waals surface area contributed by atoms with Crippen molar-refractivity contribution < 1.29 is 14.5 Å². The van der Waals surface area contributed by atoms with Crippen LogP contribution in [0.5, 0.6) is 0 Å². The fourth-order valence-electron chi connectivity index (χ4n) is 1.22. The number of carbonyl (C=O) groups excluding carboxylic acids is 1. The molecule has 0 aliphatic rings. The normalized spacial score (nSPS) is 10.5. The fourth-order valence-corrected chi connectivity index (χ4v) is 1.22. The summed E-state index contributed by atoms with van der Waals surface area (Å²) in [4.78, 5) is 21.4. The molecule has 20 heavy (non-hydrogen) atoms. The van der Waals surface area contributed by atoms with Gasteiger partial charge in [0.1, 0.15) is 5.69 Å². The van der Waals surface area contributed by atoms with Gasteiger partial charge in [-0.1, -0.05) is 0 Å². The maximum Gasteiger partial charge on any atom is 0.375 e. The zero-order valence-corrected chi connectivity index (χ0v) is 10.5. The van der Waals surface area contributed by atoms with E-state index >= 15 is 0 Å². The lowest BCUT2D eigenvalue weighted by atomic mass is 10.2. The van der Waals surface area contributed by atoms with Crippen molar-refractivity contribution in [3.63, 3.8) is 0 Å². The first-order valence-corrected chi connectivity index (χ1v) is 5.44. The Kier molecular flexibility index (Phi) is 4.99. The number of rotatable bonds is 4. The number of nitrogens with two attached hydrogens (primary N) is 1. The second kappa shape index (κ2) is 6.69. The van der Waals surface area contributed by atoms with Gasteiger partial charge < -0.3 is 10.5 Å². The number of nitrogens with one attached hydrogen (secondary N) is 1. The molecule has 0 saturated heterocycles. The fraction of sp³-hybridized carbons (Fsp3) is 0.182. The second-order valence-corrected chi connectivity index (χ2v) is 3.43. The minimum absolute atomic E-state index is 0.00116. The molecule has 0 spiro atoms. The molecule has 0 unspecified atom stereocenters. The Morgan fingerprint density at radius 2 is 2.35 bits per heavy atom. The molecule has 0 fully saturated rings. The van der Waals surface area contributed by atoms with Gasteiger partial charge in [-0.25, -0.2) is 4.79 Å². The van der Waals surface area contributed by atoms with Crippen LogP contribution in [0, 0.1) is 21.4 Å². The van der Waals surface area contributed by atoms with Crippen molar-refractivity contribution in [2.24, 2.45) is 10.8 Å². The van der Waals surface area contributed by atoms with Crippen LogP contribution in [0.3, 0.4) is 0 Å². The first-order valence-electron chi connectivity index (χ1n) is 5.44. The molecular weight excluding hydrogens is 266 g/mol. The summed E-state index contributed by atoms with van der Waals surface area (Å²) in [5.41, 5.74) is 7.39. The number of nitrogens with zero attached hydrogens (tertiary/aromatic N) is 3. The van der Waals surface area contributed by atoms with E-state index in [9.17, 15) is 14.9 Å². The van der Waals surface area contributed by atoms with Gasteiger partial charge in [-0.2, -0.15) is 5.26 Å². The van der Waals surface area contributed by atoms with Crippen LogP contribution >= 0.6 is 0 Å². The van der Waals surface area contributed by atoms with Crippen LogP contribution in [0.1, 0.15) is 12.5 Å². The van der Waals surface area contributed by atoms with Crippen LogP contribution in [0.25, 0.3) is 0 Å². The lowest BCUT2D eigenvalue weighted by molar-refractivity contribution is -0.384. The Bertz CT molecular complexity index is 605. The van der Waals surface area contributed by atoms with Crippen molar-refractivity contribution in [3.8, 4) is 6.07 Å². The number of anilines is 1. The molecule has 9 heteroatoms. The van der Waals surface area contributed by atoms with Crippen molar-refractivity contribution in [2.75, 3.05) is 12.0 Å². The lowest BCUT2D eigenvalue weighted by Gasteiger charge is -2.04. The van der Waals surface area contributed by atoms with Crippen molar-refractivity contribution in [3.05, 3.63) is 33.9 Å². The Morgan fingerprint density at radius 1 is 1.65 bits per heavy atom. The molecule has 3 N–H and O–H groups in total. The van der Waals surface area contributed by atoms with E-state index in [1.54, 1.807) is 13.0 Å². The van der Waals surface area contributed by atoms with E-state index in [1.165, 1.54) is 12.1 Å². The van der Waals surface area contributed by atoms with Gasteiger partial charge in [0.2, 0.25) is 5.84 Å². The molecule has 0 saturated carbocycles. The van der Waals surface area contributed by atoms with Crippen LogP contribution < -0.4 is 11.2 Å². The van der Waals surface area contributed by atoms with E-state index in [4.69, 9.17) is 11.0 Å². The van der Waals surface area contributed by atoms with E-state index in [0.717, 1.165) is 6.07 Å². The zero-order chi connectivity index (χ0) is 15.1. The van der Waals surface area contributed by atoms with Crippen molar-refractivity contribution in [2.45, 2.75) is 6.92 Å². The van der Waals surface area contributed by atoms with Crippen LogP contribution in [0.2, 0.25) is 0 Å². The average molecular weight is 277 g/mol. The number of hydrogen-bond donors (Lipinski definition) is 2. The van der Waals surface area contributed by atoms with Crippen molar-refractivity contribution in [1.82, 2.24) is 0 Å². The number of nitriles is 1. The minimum atomic E-state index is -0.837. The third kappa shape index (κ3) is 3.67. The summed E-state index contributed by atoms with van der Waals surface area (Å²) in [5.74, 6) is -1.30. The van der Waals surface area contributed by atoms with E-state index in [0.29, 0.717) is 0 Å². The maximum absolute atomic E-state index is 11.2. The molecule has 0 amide bonds. The summed E-state index contributed by atoms with van der Waals surface area (Å²) < 4.78 is 4.59. The molecule has 1 rings (SSSR count). The molecule has 0 aliphatic heterocycles. The van der Waals surface area contributed by atoms with Crippen molar-refractivity contribution >= 4 is 23.2 Å². The summed E-state index contributed by atoms with van der Waals surface area (Å²) in [6.07, 6.45) is 0. The van der Waals surface area contributed by atoms with Crippen molar-refractivity contribution in [1.29, 1.82) is 5.26 Å². The molecule has 9 nitrogen and oxygen atoms in total. The van der Waals surface area contributed by atoms with Gasteiger partial charge in [0.25, 0.3) is 5.69 Å². The highest BCUT2D eigenvalue weighted by atomic mass is 16.6. The third-order valence-electron chi connectivity index (χ3n) is 2.10. The summed E-state index contributed by atoms with van der Waals surface area (Å²) >= 11 is 0. The van der Waals surface area contributed by atoms with Gasteiger partial charge in [0.15, 0.2) is 0 Å². The molecule has 1 aromatic rings. The SMILES string of the molecule is CCOC(=O)/C(N)=N/Nc1ccc(C#N)cc1[N+](=O)[O-]. The monoisotopic (exact) mass is 277 g/mol. The molecule has 0 atom stereocenters. The second-order valence-electron chi connectivity index (χ2n) is 3.43. The Labute approximate surface area is 113 Å². The zero-order valence-electron chi connectivity index (χ0n) is 10.5. The largest absolute Gasteiger partial charge is 0.460 e. The first kappa shape index (κ1) is 14.9. The number of amidine groups is 1. The molecule has 0 bridgehead atoms. The molecule has 0 aliphatic carbocycles. The predicted octanol–water partition coefficient (Wildman–Crippen LogP) is 0.714. The summed E-state index contributed by atoms with van der Waals surface area (Å²) in [6.45, 7) is 1.73. The highest BCUT2D eigenvalue weighted by Crippen LogP contribution is 2.25. The molecular formula is C11H11N5O4. The van der Waals surface area contributed by atoms with Crippen LogP contribution in [-0.4, -0.2) is 23.3 Å². The number of ether oxygens (including phenoxy) is 1. The predicted molar refractivity (Wildman–Crippen MR) is 69.7 cm³/mol. The number of hydrazone groups is 1. The van der Waals surface area contributed by atoms with Gasteiger partial charge >= 0.3 is 5.97 Å². The highest BCUT2D eigenvalue weighted by molar-refractivity contribution is 6.34. The number of nitro benzene ring substituents is 1. The van der Waals surface area contributed by atoms with E-state index in [-0.39, 0.29) is 23.5 Å².